The summed E-state index contributed by atoms with van der Waals surface area (Å²) in [6.45, 7) is 21.5. The highest BCUT2D eigenvalue weighted by Crippen LogP contribution is 2.42. The number of sulfonamides is 1. The van der Waals surface area contributed by atoms with Crippen LogP contribution in [-0.4, -0.2) is 53.3 Å². The molecule has 0 heterocycles. The van der Waals surface area contributed by atoms with Crippen LogP contribution in [-0.2, 0) is 23.7 Å². The van der Waals surface area contributed by atoms with Crippen LogP contribution in [0.15, 0.2) is 59.5 Å². The van der Waals surface area contributed by atoms with Gasteiger partial charge in [0.05, 0.1) is 17.1 Å². The summed E-state index contributed by atoms with van der Waals surface area (Å²) in [6, 6.07) is 13.6. The molecule has 2 aromatic carbocycles. The maximum atomic E-state index is 13.8. The number of benzene rings is 2. The van der Waals surface area contributed by atoms with Crippen molar-refractivity contribution >= 4 is 38.3 Å². The number of para-hydroxylation sites is 1. The van der Waals surface area contributed by atoms with Gasteiger partial charge in [0.25, 0.3) is 5.69 Å². The van der Waals surface area contributed by atoms with E-state index in [-0.39, 0.29) is 22.9 Å². The molecule has 0 radical (unpaired) electrons. The number of aliphatic carboxylic acids is 1. The van der Waals surface area contributed by atoms with Crippen molar-refractivity contribution in [3.63, 3.8) is 0 Å². The smallest absolute Gasteiger partial charge is 0.303 e. The summed E-state index contributed by atoms with van der Waals surface area (Å²) in [7, 11) is -9.18. The van der Waals surface area contributed by atoms with Crippen LogP contribution < -0.4 is 4.72 Å². The largest absolute Gasteiger partial charge is 0.481 e. The lowest BCUT2D eigenvalue weighted by molar-refractivity contribution is -0.387. The Hall–Kier alpha value is -2.43. The number of nitro benzene ring substituents is 1. The molecule has 2 N–H and O–H groups in total. The van der Waals surface area contributed by atoms with Crippen molar-refractivity contribution in [2.75, 3.05) is 0 Å². The number of unbranched alkanes of at least 4 members (excludes halogenated alkanes) is 1. The maximum absolute atomic E-state index is 13.8. The number of carboxylic acids is 1. The number of nitrogens with one attached hydrogen (secondary N) is 1. The molecule has 0 bridgehead atoms. The lowest BCUT2D eigenvalue weighted by atomic mass is 9.96. The number of nitrogens with zero attached hydrogens (tertiary/aromatic N) is 1. The first-order chi connectivity index (χ1) is 21.0. The number of nitro groups is 1. The first-order valence-electron chi connectivity index (χ1n) is 15.9. The number of rotatable bonds is 17. The van der Waals surface area contributed by atoms with E-state index in [2.05, 4.69) is 72.5 Å². The van der Waals surface area contributed by atoms with Crippen LogP contribution >= 0.6 is 0 Å². The van der Waals surface area contributed by atoms with Gasteiger partial charge in [-0.2, -0.15) is 0 Å². The van der Waals surface area contributed by atoms with Gasteiger partial charge in [0, 0.05) is 18.5 Å². The highest BCUT2D eigenvalue weighted by molar-refractivity contribution is 7.89. The van der Waals surface area contributed by atoms with Crippen molar-refractivity contribution in [3.8, 4) is 0 Å². The van der Waals surface area contributed by atoms with Gasteiger partial charge in [-0.05, 0) is 67.2 Å². The molecule has 0 saturated carbocycles. The standard InChI is InChI=1S/C33H54N2O8SSi2/c1-32(2,3)45(7,8)42-28(21-15-17-23-31(36)37)29(43-46(9,10)33(4,5)6)24-26(25-18-12-11-13-19-25)34-44(40,41)30-22-16-14-20-27(30)35(38)39/h11-14,16,18-20,22,26,28-29,34H,15,17,21,23-24H2,1-10H3,(H,36,37)/t26-,28-,29-/m1/s1. The summed E-state index contributed by atoms with van der Waals surface area (Å²) < 4.78 is 44.6. The minimum Gasteiger partial charge on any atom is -0.481 e. The number of carboxylic acid groups (broad SMARTS) is 1. The Morgan fingerprint density at radius 3 is 1.87 bits per heavy atom. The van der Waals surface area contributed by atoms with Crippen molar-refractivity contribution in [2.24, 2.45) is 0 Å². The van der Waals surface area contributed by atoms with E-state index in [1.54, 1.807) is 0 Å². The third-order valence-electron chi connectivity index (χ3n) is 9.37. The molecule has 2 rings (SSSR count). The summed E-state index contributed by atoms with van der Waals surface area (Å²) in [4.78, 5) is 22.0. The molecular weight excluding hydrogens is 641 g/mol. The van der Waals surface area contributed by atoms with E-state index in [1.807, 2.05) is 30.3 Å². The Bertz CT molecular complexity index is 1420. The average Bonchev–Trinajstić information content (AvgIpc) is 2.92. The van der Waals surface area contributed by atoms with Crippen LogP contribution in [0, 0.1) is 10.1 Å². The third-order valence-corrected chi connectivity index (χ3v) is 19.9. The Kier molecular flexibility index (Phi) is 13.5. The molecule has 3 atom stereocenters. The van der Waals surface area contributed by atoms with Crippen LogP contribution in [0.4, 0.5) is 5.69 Å². The molecule has 0 saturated heterocycles. The minimum atomic E-state index is -4.35. The number of carbonyl (C=O) groups is 1. The lowest BCUT2D eigenvalue weighted by Gasteiger charge is -2.46. The van der Waals surface area contributed by atoms with Crippen LogP contribution in [0.1, 0.15) is 85.3 Å². The predicted molar refractivity (Wildman–Crippen MR) is 187 cm³/mol. The van der Waals surface area contributed by atoms with Gasteiger partial charge in [0.2, 0.25) is 10.0 Å². The van der Waals surface area contributed by atoms with E-state index < -0.39 is 66.4 Å². The van der Waals surface area contributed by atoms with E-state index >= 15 is 0 Å². The molecule has 0 aliphatic carbocycles. The fraction of sp³-hybridized carbons (Fsp3) is 0.606. The zero-order valence-electron chi connectivity index (χ0n) is 29.1. The monoisotopic (exact) mass is 694 g/mol. The van der Waals surface area contributed by atoms with E-state index in [4.69, 9.17) is 8.85 Å². The zero-order valence-corrected chi connectivity index (χ0v) is 31.9. The molecule has 0 aliphatic rings. The van der Waals surface area contributed by atoms with Gasteiger partial charge in [-0.1, -0.05) is 90.4 Å². The summed E-state index contributed by atoms with van der Waals surface area (Å²) in [5, 5.41) is 20.8. The minimum absolute atomic E-state index is 0.0445. The van der Waals surface area contributed by atoms with Gasteiger partial charge >= 0.3 is 5.97 Å². The summed E-state index contributed by atoms with van der Waals surface area (Å²) in [5.74, 6) is -0.857. The maximum Gasteiger partial charge on any atom is 0.303 e. The number of hydrogen-bond donors (Lipinski definition) is 2. The van der Waals surface area contributed by atoms with Crippen molar-refractivity contribution in [3.05, 3.63) is 70.3 Å². The lowest BCUT2D eigenvalue weighted by Crippen LogP contribution is -2.52. The van der Waals surface area contributed by atoms with Crippen molar-refractivity contribution in [2.45, 2.75) is 133 Å². The first kappa shape index (κ1) is 39.8. The number of hydrogen-bond acceptors (Lipinski definition) is 7. The molecule has 0 aromatic heterocycles. The van der Waals surface area contributed by atoms with Crippen molar-refractivity contribution < 1.29 is 32.1 Å². The van der Waals surface area contributed by atoms with Gasteiger partial charge < -0.3 is 14.0 Å². The van der Waals surface area contributed by atoms with E-state index in [0.29, 0.717) is 24.8 Å². The second-order valence-corrected chi connectivity index (χ2v) is 26.2. The van der Waals surface area contributed by atoms with E-state index in [9.17, 15) is 28.4 Å². The van der Waals surface area contributed by atoms with Gasteiger partial charge in [-0.25, -0.2) is 13.1 Å². The quantitative estimate of drug-likeness (QED) is 0.0726. The summed E-state index contributed by atoms with van der Waals surface area (Å²) >= 11 is 0. The molecule has 258 valence electrons. The second-order valence-electron chi connectivity index (χ2n) is 15.0. The molecule has 0 aliphatic heterocycles. The molecule has 0 spiro atoms. The van der Waals surface area contributed by atoms with Crippen molar-refractivity contribution in [1.29, 1.82) is 0 Å². The Balaban J connectivity index is 2.69. The third kappa shape index (κ3) is 11.1. The molecule has 0 unspecified atom stereocenters. The molecule has 0 fully saturated rings. The van der Waals surface area contributed by atoms with Gasteiger partial charge in [0.15, 0.2) is 21.5 Å². The summed E-state index contributed by atoms with van der Waals surface area (Å²) in [5.41, 5.74) is 0.180. The average molecular weight is 695 g/mol. The normalized spacial score (nSPS) is 15.3. The van der Waals surface area contributed by atoms with Gasteiger partial charge in [-0.3, -0.25) is 14.9 Å². The molecule has 13 heteroatoms. The molecule has 10 nitrogen and oxygen atoms in total. The zero-order chi connectivity index (χ0) is 35.1. The molecule has 2 aromatic rings. The Morgan fingerprint density at radius 2 is 1.37 bits per heavy atom. The van der Waals surface area contributed by atoms with E-state index in [1.165, 1.54) is 24.3 Å². The van der Waals surface area contributed by atoms with Gasteiger partial charge in [-0.15, -0.1) is 0 Å². The van der Waals surface area contributed by atoms with Crippen LogP contribution in [0.5, 0.6) is 0 Å². The fourth-order valence-electron chi connectivity index (χ4n) is 4.58. The Morgan fingerprint density at radius 1 is 0.870 bits per heavy atom. The van der Waals surface area contributed by atoms with Gasteiger partial charge in [0.1, 0.15) is 0 Å². The summed E-state index contributed by atoms with van der Waals surface area (Å²) in [6.07, 6.45) is 0.867. The topological polar surface area (TPSA) is 145 Å². The van der Waals surface area contributed by atoms with Crippen LogP contribution in [0.25, 0.3) is 0 Å². The SMILES string of the molecule is CC(C)(C)[Si](C)(C)O[C@H](CCCCC(=O)O)[C@@H](C[C@@H](NS(=O)(=O)c1ccccc1[N+](=O)[O-])c1ccccc1)O[Si](C)(C)C(C)(C)C. The highest BCUT2D eigenvalue weighted by atomic mass is 32.2. The first-order valence-corrected chi connectivity index (χ1v) is 23.2. The fourth-order valence-corrected chi connectivity index (χ4v) is 8.73. The predicted octanol–water partition coefficient (Wildman–Crippen LogP) is 8.43. The Labute approximate surface area is 277 Å². The molecule has 46 heavy (non-hydrogen) atoms. The van der Waals surface area contributed by atoms with Crippen LogP contribution in [0.2, 0.25) is 36.3 Å². The van der Waals surface area contributed by atoms with Crippen LogP contribution in [0.3, 0.4) is 0 Å². The molecular formula is C33H54N2O8SSi2. The second kappa shape index (κ2) is 15.6. The highest BCUT2D eigenvalue weighted by Gasteiger charge is 2.45. The van der Waals surface area contributed by atoms with E-state index in [0.717, 1.165) is 0 Å². The molecule has 0 amide bonds. The van der Waals surface area contributed by atoms with Crippen molar-refractivity contribution in [1.82, 2.24) is 4.72 Å².